The number of rotatable bonds is 2. The quantitative estimate of drug-likeness (QED) is 0.868. The van der Waals surface area contributed by atoms with Crippen molar-refractivity contribution < 1.29 is 5.11 Å². The maximum Gasteiger partial charge on any atom is 0.119 e. The number of aromatic hydroxyl groups is 1. The number of phenolic OH excluding ortho intramolecular Hbond substituents is 1. The van der Waals surface area contributed by atoms with Crippen LogP contribution in [0.2, 0.25) is 0 Å². The van der Waals surface area contributed by atoms with Gasteiger partial charge in [-0.1, -0.05) is 29.8 Å². The van der Waals surface area contributed by atoms with E-state index in [0.717, 1.165) is 16.5 Å². The van der Waals surface area contributed by atoms with Gasteiger partial charge < -0.3 is 10.8 Å². The first-order chi connectivity index (χ1) is 6.93. The van der Waals surface area contributed by atoms with Gasteiger partial charge in [-0.2, -0.15) is 0 Å². The molecule has 0 amide bonds. The molecule has 0 saturated heterocycles. The lowest BCUT2D eigenvalue weighted by molar-refractivity contribution is 0.437. The van der Waals surface area contributed by atoms with E-state index in [1.807, 2.05) is 12.1 Å². The summed E-state index contributed by atoms with van der Waals surface area (Å²) in [5.74, 6) is 0.356. The van der Waals surface area contributed by atoms with Gasteiger partial charge in [0.05, 0.1) is 0 Å². The third kappa shape index (κ3) is 1.49. The van der Waals surface area contributed by atoms with Gasteiger partial charge in [0.1, 0.15) is 5.75 Å². The average Bonchev–Trinajstić information content (AvgIpc) is 2.74. The van der Waals surface area contributed by atoms with E-state index in [0.29, 0.717) is 12.3 Å². The molecule has 1 aromatic carbocycles. The molecule has 1 atom stereocenters. The summed E-state index contributed by atoms with van der Waals surface area (Å²) >= 11 is 3.43. The first kappa shape index (κ1) is 11.0. The fourth-order valence-electron chi connectivity index (χ4n) is 2.52. The van der Waals surface area contributed by atoms with Crippen molar-refractivity contribution in [2.24, 2.45) is 11.1 Å². The van der Waals surface area contributed by atoms with Crippen LogP contribution in [0.4, 0.5) is 0 Å². The van der Waals surface area contributed by atoms with Crippen LogP contribution in [0, 0.1) is 5.41 Å². The number of benzene rings is 1. The predicted octanol–water partition coefficient (Wildman–Crippen LogP) is 2.78. The van der Waals surface area contributed by atoms with Gasteiger partial charge in [0, 0.05) is 22.0 Å². The second-order valence-electron chi connectivity index (χ2n) is 5.01. The van der Waals surface area contributed by atoms with Crippen LogP contribution in [-0.2, 0) is 5.41 Å². The fraction of sp³-hybridized carbons (Fsp3) is 0.500. The summed E-state index contributed by atoms with van der Waals surface area (Å²) in [6.45, 7) is 4.98. The maximum atomic E-state index is 9.90. The van der Waals surface area contributed by atoms with Crippen molar-refractivity contribution in [3.8, 4) is 5.75 Å². The monoisotopic (exact) mass is 269 g/mol. The number of hydrogen-bond acceptors (Lipinski definition) is 2. The molecule has 0 heterocycles. The zero-order valence-corrected chi connectivity index (χ0v) is 10.6. The lowest BCUT2D eigenvalue weighted by atomic mass is 9.87. The van der Waals surface area contributed by atoms with Crippen LogP contribution in [0.3, 0.4) is 0 Å². The van der Waals surface area contributed by atoms with E-state index in [1.165, 1.54) is 0 Å². The second-order valence-corrected chi connectivity index (χ2v) is 5.92. The largest absolute Gasteiger partial charge is 0.508 e. The number of hydrogen-bond donors (Lipinski definition) is 2. The number of halogens is 1. The van der Waals surface area contributed by atoms with Crippen LogP contribution in [0.15, 0.2) is 22.7 Å². The Morgan fingerprint density at radius 2 is 2.07 bits per heavy atom. The van der Waals surface area contributed by atoms with Crippen LogP contribution in [0.5, 0.6) is 5.75 Å². The van der Waals surface area contributed by atoms with E-state index in [4.69, 9.17) is 5.73 Å². The predicted molar refractivity (Wildman–Crippen MR) is 64.9 cm³/mol. The number of phenols is 1. The van der Waals surface area contributed by atoms with Crippen molar-refractivity contribution in [1.29, 1.82) is 0 Å². The summed E-state index contributed by atoms with van der Waals surface area (Å²) in [4.78, 5) is 0. The third-order valence-corrected chi connectivity index (χ3v) is 4.23. The fourth-order valence-corrected chi connectivity index (χ4v) is 2.88. The SMILES string of the molecule is CC1(C)CC1(CN)c1cc(Br)ccc1O. The minimum atomic E-state index is -0.0408. The molecule has 3 heteroatoms. The van der Waals surface area contributed by atoms with E-state index >= 15 is 0 Å². The minimum Gasteiger partial charge on any atom is -0.508 e. The summed E-state index contributed by atoms with van der Waals surface area (Å²) < 4.78 is 0.992. The second kappa shape index (κ2) is 3.22. The molecule has 2 rings (SSSR count). The smallest absolute Gasteiger partial charge is 0.119 e. The Bertz CT molecular complexity index is 403. The zero-order valence-electron chi connectivity index (χ0n) is 9.05. The van der Waals surface area contributed by atoms with Gasteiger partial charge in [0.25, 0.3) is 0 Å². The minimum absolute atomic E-state index is 0.0408. The Morgan fingerprint density at radius 3 is 2.53 bits per heavy atom. The molecule has 3 N–H and O–H groups in total. The van der Waals surface area contributed by atoms with E-state index < -0.39 is 0 Å². The van der Waals surface area contributed by atoms with Crippen molar-refractivity contribution in [1.82, 2.24) is 0 Å². The third-order valence-electron chi connectivity index (χ3n) is 3.74. The summed E-state index contributed by atoms with van der Waals surface area (Å²) in [5.41, 5.74) is 7.00. The maximum absolute atomic E-state index is 9.90. The van der Waals surface area contributed by atoms with Gasteiger partial charge >= 0.3 is 0 Å². The van der Waals surface area contributed by atoms with E-state index in [-0.39, 0.29) is 10.8 Å². The Hall–Kier alpha value is -0.540. The summed E-state index contributed by atoms with van der Waals surface area (Å²) in [6.07, 6.45) is 1.04. The van der Waals surface area contributed by atoms with E-state index in [9.17, 15) is 5.11 Å². The molecule has 1 fully saturated rings. The van der Waals surface area contributed by atoms with Gasteiger partial charge in [0.2, 0.25) is 0 Å². The van der Waals surface area contributed by atoms with Crippen molar-refractivity contribution in [2.75, 3.05) is 6.54 Å². The molecule has 0 spiro atoms. The molecule has 1 saturated carbocycles. The lowest BCUT2D eigenvalue weighted by Crippen LogP contribution is -2.25. The molecule has 0 aliphatic heterocycles. The van der Waals surface area contributed by atoms with Crippen LogP contribution < -0.4 is 5.73 Å². The molecule has 0 radical (unpaired) electrons. The van der Waals surface area contributed by atoms with Gasteiger partial charge in [-0.05, 0) is 30.0 Å². The Balaban J connectivity index is 2.50. The van der Waals surface area contributed by atoms with Crippen molar-refractivity contribution in [3.63, 3.8) is 0 Å². The molecule has 0 bridgehead atoms. The topological polar surface area (TPSA) is 46.2 Å². The molecular weight excluding hydrogens is 254 g/mol. The highest BCUT2D eigenvalue weighted by atomic mass is 79.9. The van der Waals surface area contributed by atoms with Gasteiger partial charge in [-0.3, -0.25) is 0 Å². The molecule has 1 aliphatic carbocycles. The molecule has 15 heavy (non-hydrogen) atoms. The molecule has 1 unspecified atom stereocenters. The standard InChI is InChI=1S/C12H16BrNO/c1-11(2)6-12(11,7-14)9-5-8(13)3-4-10(9)15/h3-5,15H,6-7,14H2,1-2H3. The van der Waals surface area contributed by atoms with Gasteiger partial charge in [-0.25, -0.2) is 0 Å². The first-order valence-electron chi connectivity index (χ1n) is 5.12. The van der Waals surface area contributed by atoms with Crippen molar-refractivity contribution >= 4 is 15.9 Å². The highest BCUT2D eigenvalue weighted by Crippen LogP contribution is 2.65. The Morgan fingerprint density at radius 1 is 1.47 bits per heavy atom. The van der Waals surface area contributed by atoms with Gasteiger partial charge in [-0.15, -0.1) is 0 Å². The Labute approximate surface area is 98.6 Å². The molecule has 0 aromatic heterocycles. The van der Waals surface area contributed by atoms with Crippen LogP contribution >= 0.6 is 15.9 Å². The summed E-state index contributed by atoms with van der Waals surface area (Å²) in [7, 11) is 0. The molecule has 2 nitrogen and oxygen atoms in total. The molecule has 1 aromatic rings. The molecule has 1 aliphatic rings. The molecular formula is C12H16BrNO. The summed E-state index contributed by atoms with van der Waals surface area (Å²) in [5, 5.41) is 9.90. The molecule has 82 valence electrons. The van der Waals surface area contributed by atoms with Crippen LogP contribution in [-0.4, -0.2) is 11.7 Å². The first-order valence-corrected chi connectivity index (χ1v) is 5.91. The van der Waals surface area contributed by atoms with E-state index in [1.54, 1.807) is 6.07 Å². The normalized spacial score (nSPS) is 27.7. The Kier molecular flexibility index (Phi) is 2.36. The van der Waals surface area contributed by atoms with E-state index in [2.05, 4.69) is 29.8 Å². The van der Waals surface area contributed by atoms with Crippen molar-refractivity contribution in [3.05, 3.63) is 28.2 Å². The highest BCUT2D eigenvalue weighted by molar-refractivity contribution is 9.10. The zero-order chi connectivity index (χ0) is 11.3. The highest BCUT2D eigenvalue weighted by Gasteiger charge is 2.61. The lowest BCUT2D eigenvalue weighted by Gasteiger charge is -2.20. The average molecular weight is 270 g/mol. The van der Waals surface area contributed by atoms with Crippen LogP contribution in [0.25, 0.3) is 0 Å². The number of nitrogens with two attached hydrogens (primary N) is 1. The van der Waals surface area contributed by atoms with Crippen molar-refractivity contribution in [2.45, 2.75) is 25.7 Å². The van der Waals surface area contributed by atoms with Gasteiger partial charge in [0.15, 0.2) is 0 Å². The summed E-state index contributed by atoms with van der Waals surface area (Å²) in [6, 6.07) is 5.56. The van der Waals surface area contributed by atoms with Crippen LogP contribution in [0.1, 0.15) is 25.8 Å².